The van der Waals surface area contributed by atoms with Crippen molar-refractivity contribution in [2.75, 3.05) is 4.90 Å². The molecule has 2 unspecified atom stereocenters. The first-order valence-corrected chi connectivity index (χ1v) is 9.49. The molecule has 1 aliphatic heterocycles. The number of benzene rings is 2. The molecule has 0 saturated carbocycles. The lowest BCUT2D eigenvalue weighted by molar-refractivity contribution is 0.701. The first-order chi connectivity index (χ1) is 12.8. The van der Waals surface area contributed by atoms with Gasteiger partial charge in [0.1, 0.15) is 0 Å². The van der Waals surface area contributed by atoms with Crippen LogP contribution in [0.15, 0.2) is 102 Å². The van der Waals surface area contributed by atoms with Crippen molar-refractivity contribution in [1.29, 1.82) is 0 Å². The van der Waals surface area contributed by atoms with Gasteiger partial charge >= 0.3 is 0 Å². The number of fused-ring (bicyclic) bond motifs is 3. The van der Waals surface area contributed by atoms with E-state index in [2.05, 4.69) is 103 Å². The van der Waals surface area contributed by atoms with Gasteiger partial charge in [0.25, 0.3) is 0 Å². The fourth-order valence-corrected chi connectivity index (χ4v) is 4.48. The molecule has 0 amide bonds. The van der Waals surface area contributed by atoms with Gasteiger partial charge in [0.15, 0.2) is 0 Å². The van der Waals surface area contributed by atoms with Crippen molar-refractivity contribution >= 4 is 11.4 Å². The number of para-hydroxylation sites is 2. The molecule has 3 atom stereocenters. The van der Waals surface area contributed by atoms with Crippen molar-refractivity contribution in [1.82, 2.24) is 0 Å². The summed E-state index contributed by atoms with van der Waals surface area (Å²) in [4.78, 5) is 2.49. The maximum Gasteiger partial charge on any atom is 0.0629 e. The Hall–Kier alpha value is -2.80. The van der Waals surface area contributed by atoms with E-state index in [-0.39, 0.29) is 0 Å². The lowest BCUT2D eigenvalue weighted by Crippen LogP contribution is -2.29. The lowest BCUT2D eigenvalue weighted by Gasteiger charge is -2.31. The molecule has 2 aromatic rings. The molecule has 0 aromatic heterocycles. The summed E-state index contributed by atoms with van der Waals surface area (Å²) in [6, 6.07) is 20.0. The van der Waals surface area contributed by atoms with Gasteiger partial charge in [-0.25, -0.2) is 0 Å². The Bertz CT molecular complexity index is 945. The molecule has 0 saturated heterocycles. The van der Waals surface area contributed by atoms with Crippen LogP contribution in [0.1, 0.15) is 24.8 Å². The summed E-state index contributed by atoms with van der Waals surface area (Å²) >= 11 is 0. The van der Waals surface area contributed by atoms with Crippen molar-refractivity contribution in [3.63, 3.8) is 0 Å². The van der Waals surface area contributed by atoms with E-state index in [1.54, 1.807) is 0 Å². The van der Waals surface area contributed by atoms with Gasteiger partial charge in [0.2, 0.25) is 0 Å². The van der Waals surface area contributed by atoms with Gasteiger partial charge in [-0.15, -0.1) is 0 Å². The molecule has 26 heavy (non-hydrogen) atoms. The van der Waals surface area contributed by atoms with Crippen molar-refractivity contribution in [2.45, 2.75) is 25.3 Å². The molecule has 1 heteroatoms. The molecule has 3 aliphatic rings. The second-order valence-corrected chi connectivity index (χ2v) is 7.46. The normalized spacial score (nSPS) is 26.2. The van der Waals surface area contributed by atoms with Gasteiger partial charge in [-0.05, 0) is 42.7 Å². The number of allylic oxidation sites excluding steroid dienone is 6. The highest BCUT2D eigenvalue weighted by Gasteiger charge is 2.38. The maximum absolute atomic E-state index is 2.51. The molecule has 0 bridgehead atoms. The average Bonchev–Trinajstić information content (AvgIpc) is 3.03. The second-order valence-electron chi connectivity index (χ2n) is 7.46. The van der Waals surface area contributed by atoms with E-state index in [9.17, 15) is 0 Å². The van der Waals surface area contributed by atoms with Crippen LogP contribution in [0.4, 0.5) is 11.4 Å². The van der Waals surface area contributed by atoms with E-state index in [1.165, 1.54) is 28.1 Å². The Balaban J connectivity index is 1.55. The zero-order chi connectivity index (χ0) is 17.5. The molecular formula is C25H23N. The number of nitrogens with zero attached hydrogens (tertiary/aromatic N) is 1. The zero-order valence-electron chi connectivity index (χ0n) is 15.0. The van der Waals surface area contributed by atoms with Gasteiger partial charge in [-0.1, -0.05) is 78.4 Å². The molecule has 2 aromatic carbocycles. The molecule has 0 N–H and O–H groups in total. The van der Waals surface area contributed by atoms with E-state index in [1.807, 2.05) is 0 Å². The highest BCUT2D eigenvalue weighted by molar-refractivity contribution is 5.75. The minimum atomic E-state index is 0.364. The monoisotopic (exact) mass is 337 g/mol. The first kappa shape index (κ1) is 15.5. The minimum absolute atomic E-state index is 0.364. The van der Waals surface area contributed by atoms with E-state index in [0.717, 1.165) is 6.42 Å². The zero-order valence-corrected chi connectivity index (χ0v) is 15.0. The summed E-state index contributed by atoms with van der Waals surface area (Å²) in [6.07, 6.45) is 15.4. The molecule has 0 fully saturated rings. The summed E-state index contributed by atoms with van der Waals surface area (Å²) in [5.41, 5.74) is 6.88. The topological polar surface area (TPSA) is 3.24 Å². The van der Waals surface area contributed by atoms with E-state index >= 15 is 0 Å². The summed E-state index contributed by atoms with van der Waals surface area (Å²) in [5.74, 6) is 0.931. The predicted octanol–water partition coefficient (Wildman–Crippen LogP) is 6.31. The van der Waals surface area contributed by atoms with Crippen LogP contribution in [0.3, 0.4) is 0 Å². The van der Waals surface area contributed by atoms with Crippen molar-refractivity contribution in [3.8, 4) is 0 Å². The standard InChI is InChI=1S/C25H23N/c1-18-11-13-19(14-12-18)20-15-16-25-23(17-20)22-9-5-6-10-24(22)26(25)21-7-3-2-4-8-21/h2-13,15-17,19,23,25H,14H2,1H3/t19-,23?,25?/m1/s1. The van der Waals surface area contributed by atoms with Crippen LogP contribution in [0, 0.1) is 5.92 Å². The summed E-state index contributed by atoms with van der Waals surface area (Å²) in [7, 11) is 0. The highest BCUT2D eigenvalue weighted by Crippen LogP contribution is 2.48. The number of hydrogen-bond acceptors (Lipinski definition) is 1. The van der Waals surface area contributed by atoms with Gasteiger partial charge in [0, 0.05) is 23.2 Å². The minimum Gasteiger partial charge on any atom is -0.333 e. The van der Waals surface area contributed by atoms with Crippen LogP contribution in [0.2, 0.25) is 0 Å². The number of rotatable bonds is 2. The molecule has 5 rings (SSSR count). The largest absolute Gasteiger partial charge is 0.333 e. The molecule has 0 radical (unpaired) electrons. The molecule has 2 aliphatic carbocycles. The molecule has 128 valence electrons. The van der Waals surface area contributed by atoms with Gasteiger partial charge < -0.3 is 4.90 Å². The number of hydrogen-bond donors (Lipinski definition) is 0. The summed E-state index contributed by atoms with van der Waals surface area (Å²) < 4.78 is 0. The summed E-state index contributed by atoms with van der Waals surface area (Å²) in [5, 5.41) is 0. The Kier molecular flexibility index (Phi) is 3.67. The van der Waals surface area contributed by atoms with Crippen molar-refractivity contribution < 1.29 is 0 Å². The van der Waals surface area contributed by atoms with Gasteiger partial charge in [-0.3, -0.25) is 0 Å². The van der Waals surface area contributed by atoms with E-state index in [4.69, 9.17) is 0 Å². The predicted molar refractivity (Wildman–Crippen MR) is 110 cm³/mol. The van der Waals surface area contributed by atoms with Crippen LogP contribution < -0.4 is 4.90 Å². The third-order valence-electron chi connectivity index (χ3n) is 5.83. The number of anilines is 2. The summed E-state index contributed by atoms with van der Waals surface area (Å²) in [6.45, 7) is 2.18. The van der Waals surface area contributed by atoms with Crippen LogP contribution in [-0.4, -0.2) is 6.04 Å². The molecule has 0 spiro atoms. The van der Waals surface area contributed by atoms with E-state index < -0.39 is 0 Å². The highest BCUT2D eigenvalue weighted by atomic mass is 15.2. The Morgan fingerprint density at radius 2 is 1.69 bits per heavy atom. The van der Waals surface area contributed by atoms with Crippen LogP contribution in [0.25, 0.3) is 0 Å². The average molecular weight is 337 g/mol. The first-order valence-electron chi connectivity index (χ1n) is 9.49. The third kappa shape index (κ3) is 2.47. The Morgan fingerprint density at radius 3 is 2.50 bits per heavy atom. The maximum atomic E-state index is 2.51. The fraction of sp³-hybridized carbons (Fsp3) is 0.200. The Morgan fingerprint density at radius 1 is 0.885 bits per heavy atom. The van der Waals surface area contributed by atoms with Gasteiger partial charge in [0.05, 0.1) is 6.04 Å². The van der Waals surface area contributed by atoms with Crippen LogP contribution >= 0.6 is 0 Å². The molecular weight excluding hydrogens is 314 g/mol. The van der Waals surface area contributed by atoms with E-state index in [0.29, 0.717) is 17.9 Å². The smallest absolute Gasteiger partial charge is 0.0629 e. The fourth-order valence-electron chi connectivity index (χ4n) is 4.48. The lowest BCUT2D eigenvalue weighted by atomic mass is 9.81. The van der Waals surface area contributed by atoms with Crippen LogP contribution in [0.5, 0.6) is 0 Å². The second kappa shape index (κ2) is 6.17. The van der Waals surface area contributed by atoms with Crippen molar-refractivity contribution in [3.05, 3.63) is 108 Å². The molecule has 1 nitrogen and oxygen atoms in total. The SMILES string of the molecule is CC1=CC[C@H](C2=CC3c4ccccc4N(c4ccccc4)C3C=C2)C=C1. The Labute approximate surface area is 155 Å². The quantitative estimate of drug-likeness (QED) is 0.621. The van der Waals surface area contributed by atoms with Gasteiger partial charge in [-0.2, -0.15) is 0 Å². The molecule has 1 heterocycles. The van der Waals surface area contributed by atoms with Crippen LogP contribution in [-0.2, 0) is 0 Å². The van der Waals surface area contributed by atoms with Crippen molar-refractivity contribution in [2.24, 2.45) is 5.92 Å². The third-order valence-corrected chi connectivity index (χ3v) is 5.83.